The molecule has 0 aliphatic heterocycles. The highest BCUT2D eigenvalue weighted by molar-refractivity contribution is 7.22. The molecule has 4 nitrogen and oxygen atoms in total. The van der Waals surface area contributed by atoms with Gasteiger partial charge in [0, 0.05) is 19.5 Å². The predicted molar refractivity (Wildman–Crippen MR) is 115 cm³/mol. The molecule has 0 fully saturated rings. The summed E-state index contributed by atoms with van der Waals surface area (Å²) < 4.78 is 1.17. The lowest BCUT2D eigenvalue weighted by atomic mass is 10.1. The van der Waals surface area contributed by atoms with Crippen LogP contribution in [0.15, 0.2) is 42.5 Å². The molecule has 3 aromatic rings. The number of hydrogen-bond donors (Lipinski definition) is 0. The summed E-state index contributed by atoms with van der Waals surface area (Å²) in [6.45, 7) is 5.66. The lowest BCUT2D eigenvalue weighted by Gasteiger charge is -2.22. The third-order valence-corrected chi connectivity index (χ3v) is 5.81. The molecule has 0 unspecified atom stereocenters. The van der Waals surface area contributed by atoms with E-state index in [1.54, 1.807) is 11.3 Å². The monoisotopic (exact) mass is 381 g/mol. The van der Waals surface area contributed by atoms with Crippen LogP contribution < -0.4 is 4.90 Å². The maximum absolute atomic E-state index is 13.0. The minimum absolute atomic E-state index is 0.133. The summed E-state index contributed by atoms with van der Waals surface area (Å²) in [4.78, 5) is 21.8. The number of aryl methyl sites for hydroxylation is 3. The van der Waals surface area contributed by atoms with Crippen molar-refractivity contribution in [1.82, 2.24) is 9.88 Å². The fourth-order valence-electron chi connectivity index (χ4n) is 3.14. The van der Waals surface area contributed by atoms with Crippen molar-refractivity contribution in [2.75, 3.05) is 32.1 Å². The standard InChI is InChI=1S/C22H27N3OS/c1-16-14-17(2)21-19(15-16)23-22(27-21)25(13-12-24(3)4)20(26)11-10-18-8-6-5-7-9-18/h5-9,14-15H,10-13H2,1-4H3. The zero-order chi connectivity index (χ0) is 19.4. The Hall–Kier alpha value is -2.24. The summed E-state index contributed by atoms with van der Waals surface area (Å²) >= 11 is 1.62. The maximum atomic E-state index is 13.0. The van der Waals surface area contributed by atoms with Gasteiger partial charge >= 0.3 is 0 Å². The third kappa shape index (κ3) is 4.93. The largest absolute Gasteiger partial charge is 0.308 e. The smallest absolute Gasteiger partial charge is 0.229 e. The first-order chi connectivity index (χ1) is 12.9. The number of thiazole rings is 1. The van der Waals surface area contributed by atoms with E-state index >= 15 is 0 Å². The van der Waals surface area contributed by atoms with Gasteiger partial charge in [-0.25, -0.2) is 4.98 Å². The molecule has 0 aliphatic rings. The molecule has 27 heavy (non-hydrogen) atoms. The number of benzene rings is 2. The van der Waals surface area contributed by atoms with Gasteiger partial charge in [0.15, 0.2) is 5.13 Å². The van der Waals surface area contributed by atoms with Gasteiger partial charge in [-0.05, 0) is 57.1 Å². The van der Waals surface area contributed by atoms with Crippen molar-refractivity contribution in [3.63, 3.8) is 0 Å². The van der Waals surface area contributed by atoms with Gasteiger partial charge in [0.05, 0.1) is 10.2 Å². The van der Waals surface area contributed by atoms with Crippen LogP contribution in [0.1, 0.15) is 23.1 Å². The second-order valence-electron chi connectivity index (χ2n) is 7.26. The van der Waals surface area contributed by atoms with E-state index in [0.717, 1.165) is 23.6 Å². The van der Waals surface area contributed by atoms with Crippen LogP contribution in [0.25, 0.3) is 10.2 Å². The molecule has 0 aliphatic carbocycles. The molecule has 1 amide bonds. The van der Waals surface area contributed by atoms with E-state index in [-0.39, 0.29) is 5.91 Å². The summed E-state index contributed by atoms with van der Waals surface area (Å²) in [5.74, 6) is 0.133. The normalized spacial score (nSPS) is 11.3. The average Bonchev–Trinajstić information content (AvgIpc) is 3.04. The summed E-state index contributed by atoms with van der Waals surface area (Å²) in [5, 5.41) is 0.804. The van der Waals surface area contributed by atoms with Gasteiger partial charge < -0.3 is 4.90 Å². The van der Waals surface area contributed by atoms with Crippen molar-refractivity contribution in [1.29, 1.82) is 0 Å². The Morgan fingerprint density at radius 2 is 1.81 bits per heavy atom. The van der Waals surface area contributed by atoms with Crippen LogP contribution in [-0.4, -0.2) is 43.0 Å². The minimum atomic E-state index is 0.133. The molecule has 142 valence electrons. The Labute approximate surface area is 165 Å². The van der Waals surface area contributed by atoms with Gasteiger partial charge in [-0.15, -0.1) is 0 Å². The third-order valence-electron chi connectivity index (χ3n) is 4.58. The molecule has 5 heteroatoms. The second-order valence-corrected chi connectivity index (χ2v) is 8.24. The van der Waals surface area contributed by atoms with E-state index in [1.165, 1.54) is 21.4 Å². The van der Waals surface area contributed by atoms with E-state index in [9.17, 15) is 4.79 Å². The van der Waals surface area contributed by atoms with Crippen molar-refractivity contribution in [2.45, 2.75) is 26.7 Å². The summed E-state index contributed by atoms with van der Waals surface area (Å²) in [7, 11) is 4.05. The van der Waals surface area contributed by atoms with Gasteiger partial charge in [0.2, 0.25) is 5.91 Å². The fourth-order valence-corrected chi connectivity index (χ4v) is 4.20. The number of rotatable bonds is 7. The molecule has 0 radical (unpaired) electrons. The van der Waals surface area contributed by atoms with Gasteiger partial charge in [0.25, 0.3) is 0 Å². The maximum Gasteiger partial charge on any atom is 0.229 e. The number of hydrogen-bond acceptors (Lipinski definition) is 4. The van der Waals surface area contributed by atoms with Gasteiger partial charge in [-0.1, -0.05) is 47.7 Å². The molecule has 0 saturated heterocycles. The number of anilines is 1. The van der Waals surface area contributed by atoms with Crippen LogP contribution in [0.5, 0.6) is 0 Å². The van der Waals surface area contributed by atoms with Crippen molar-refractivity contribution >= 4 is 32.6 Å². The first-order valence-corrected chi connectivity index (χ1v) is 10.1. The lowest BCUT2D eigenvalue weighted by molar-refractivity contribution is -0.118. The van der Waals surface area contributed by atoms with Crippen LogP contribution in [0.4, 0.5) is 5.13 Å². The first-order valence-electron chi connectivity index (χ1n) is 9.31. The fraction of sp³-hybridized carbons (Fsp3) is 0.364. The van der Waals surface area contributed by atoms with E-state index in [2.05, 4.69) is 43.0 Å². The average molecular weight is 382 g/mol. The number of aromatic nitrogens is 1. The van der Waals surface area contributed by atoms with E-state index < -0.39 is 0 Å². The van der Waals surface area contributed by atoms with Gasteiger partial charge in [-0.2, -0.15) is 0 Å². The number of amides is 1. The first kappa shape index (κ1) is 19.5. The van der Waals surface area contributed by atoms with Gasteiger partial charge in [0.1, 0.15) is 0 Å². The Morgan fingerprint density at radius 3 is 2.52 bits per heavy atom. The molecule has 3 rings (SSSR count). The van der Waals surface area contributed by atoms with Crippen LogP contribution in [0.2, 0.25) is 0 Å². The van der Waals surface area contributed by atoms with Crippen LogP contribution in [-0.2, 0) is 11.2 Å². The lowest BCUT2D eigenvalue weighted by Crippen LogP contribution is -2.36. The Balaban J connectivity index is 1.84. The van der Waals surface area contributed by atoms with Crippen LogP contribution in [0.3, 0.4) is 0 Å². The topological polar surface area (TPSA) is 36.4 Å². The van der Waals surface area contributed by atoms with E-state index in [1.807, 2.05) is 37.2 Å². The number of carbonyl (C=O) groups excluding carboxylic acids is 1. The Bertz CT molecular complexity index is 918. The molecular weight excluding hydrogens is 354 g/mol. The molecule has 0 bridgehead atoms. The predicted octanol–water partition coefficient (Wildman–Crippen LogP) is 4.44. The number of carbonyl (C=O) groups is 1. The second kappa shape index (κ2) is 8.63. The summed E-state index contributed by atoms with van der Waals surface area (Å²) in [5.41, 5.74) is 4.59. The Kier molecular flexibility index (Phi) is 6.24. The van der Waals surface area contributed by atoms with Crippen LogP contribution >= 0.6 is 11.3 Å². The van der Waals surface area contributed by atoms with Crippen LogP contribution in [0, 0.1) is 13.8 Å². The van der Waals surface area contributed by atoms with Crippen molar-refractivity contribution < 1.29 is 4.79 Å². The molecule has 0 saturated carbocycles. The molecule has 0 spiro atoms. The van der Waals surface area contributed by atoms with Crippen molar-refractivity contribution in [2.24, 2.45) is 0 Å². The molecule has 2 aromatic carbocycles. The number of nitrogens with zero attached hydrogens (tertiary/aromatic N) is 3. The highest BCUT2D eigenvalue weighted by Gasteiger charge is 2.20. The minimum Gasteiger partial charge on any atom is -0.308 e. The van der Waals surface area contributed by atoms with Gasteiger partial charge in [-0.3, -0.25) is 9.69 Å². The molecule has 0 N–H and O–H groups in total. The number of fused-ring (bicyclic) bond motifs is 1. The molecule has 0 atom stereocenters. The highest BCUT2D eigenvalue weighted by atomic mass is 32.1. The zero-order valence-electron chi connectivity index (χ0n) is 16.5. The van der Waals surface area contributed by atoms with Crippen molar-refractivity contribution in [3.05, 3.63) is 59.2 Å². The quantitative estimate of drug-likeness (QED) is 0.607. The highest BCUT2D eigenvalue weighted by Crippen LogP contribution is 2.32. The van der Waals surface area contributed by atoms with E-state index in [4.69, 9.17) is 4.98 Å². The SMILES string of the molecule is Cc1cc(C)c2sc(N(CCN(C)C)C(=O)CCc3ccccc3)nc2c1. The molecular formula is C22H27N3OS. The van der Waals surface area contributed by atoms with E-state index in [0.29, 0.717) is 13.0 Å². The number of likely N-dealkylation sites (N-methyl/N-ethyl adjacent to an activating group) is 1. The summed E-state index contributed by atoms with van der Waals surface area (Å²) in [6.07, 6.45) is 1.24. The summed E-state index contributed by atoms with van der Waals surface area (Å²) in [6, 6.07) is 14.4. The van der Waals surface area contributed by atoms with Crippen molar-refractivity contribution in [3.8, 4) is 0 Å². The Morgan fingerprint density at radius 1 is 1.07 bits per heavy atom. The molecule has 1 heterocycles. The molecule has 1 aromatic heterocycles. The zero-order valence-corrected chi connectivity index (χ0v) is 17.3.